The normalized spacial score (nSPS) is 22.6. The second-order valence-corrected chi connectivity index (χ2v) is 12.4. The highest BCUT2D eigenvalue weighted by atomic mass is 28.2. The molecular weight excluding hydrogens is 464 g/mol. The Labute approximate surface area is 210 Å². The molecule has 3 atom stereocenters. The second-order valence-electron chi connectivity index (χ2n) is 9.89. The highest BCUT2D eigenvalue weighted by molar-refractivity contribution is 6.32. The van der Waals surface area contributed by atoms with E-state index in [1.54, 1.807) is 55.6 Å². The largest absolute Gasteiger partial charge is 0.459 e. The van der Waals surface area contributed by atoms with Crippen molar-refractivity contribution < 1.29 is 33.0 Å². The summed E-state index contributed by atoms with van der Waals surface area (Å²) in [5.74, 6) is -1.55. The predicted octanol–water partition coefficient (Wildman–Crippen LogP) is 4.16. The van der Waals surface area contributed by atoms with E-state index in [9.17, 15) is 9.59 Å². The van der Waals surface area contributed by atoms with Gasteiger partial charge in [-0.05, 0) is 35.2 Å². The quantitative estimate of drug-likeness (QED) is 0.339. The van der Waals surface area contributed by atoms with Crippen LogP contribution in [0.25, 0.3) is 0 Å². The third-order valence-corrected chi connectivity index (χ3v) is 8.65. The summed E-state index contributed by atoms with van der Waals surface area (Å²) in [4.78, 5) is 25.3. The van der Waals surface area contributed by atoms with Gasteiger partial charge in [-0.25, -0.2) is 9.59 Å². The zero-order valence-electron chi connectivity index (χ0n) is 21.2. The van der Waals surface area contributed by atoms with E-state index >= 15 is 0 Å². The van der Waals surface area contributed by atoms with E-state index in [2.05, 4.69) is 27.7 Å². The number of carbonyl (C=O) groups excluding carboxylic acids is 2. The minimum Gasteiger partial charge on any atom is -0.459 e. The lowest BCUT2D eigenvalue weighted by molar-refractivity contribution is -0.231. The Kier molecular flexibility index (Phi) is 9.24. The van der Waals surface area contributed by atoms with E-state index in [0.29, 0.717) is 17.0 Å². The van der Waals surface area contributed by atoms with Gasteiger partial charge >= 0.3 is 11.9 Å². The van der Waals surface area contributed by atoms with Crippen LogP contribution in [0, 0.1) is 5.92 Å². The van der Waals surface area contributed by atoms with Crippen molar-refractivity contribution in [3.8, 4) is 0 Å². The summed E-state index contributed by atoms with van der Waals surface area (Å²) < 4.78 is 29.5. The fourth-order valence-corrected chi connectivity index (χ4v) is 4.88. The third-order valence-electron chi connectivity index (χ3n) is 6.68. The molecule has 35 heavy (non-hydrogen) atoms. The van der Waals surface area contributed by atoms with Crippen LogP contribution in [-0.2, 0) is 23.4 Å². The van der Waals surface area contributed by atoms with Gasteiger partial charge in [-0.15, -0.1) is 0 Å². The lowest BCUT2D eigenvalue weighted by atomic mass is 9.99. The topological polar surface area (TPSA) is 80.3 Å². The number of methoxy groups -OCH3 is 1. The summed E-state index contributed by atoms with van der Waals surface area (Å²) in [5, 5.41) is 0.108. The molecule has 0 bridgehead atoms. The van der Waals surface area contributed by atoms with Crippen LogP contribution in [0.5, 0.6) is 0 Å². The molecule has 2 aromatic carbocycles. The van der Waals surface area contributed by atoms with E-state index in [1.165, 1.54) is 0 Å². The number of carbonyl (C=O) groups is 2. The first-order valence-corrected chi connectivity index (χ1v) is 13.2. The Hall–Kier alpha value is -2.52. The van der Waals surface area contributed by atoms with Crippen molar-refractivity contribution in [2.75, 3.05) is 20.3 Å². The van der Waals surface area contributed by atoms with Crippen LogP contribution in [0.15, 0.2) is 60.7 Å². The molecule has 0 aromatic heterocycles. The first kappa shape index (κ1) is 27.1. The number of rotatable bonds is 11. The highest BCUT2D eigenvalue weighted by Gasteiger charge is 2.50. The van der Waals surface area contributed by atoms with Gasteiger partial charge in [0.2, 0.25) is 0 Å². The summed E-state index contributed by atoms with van der Waals surface area (Å²) in [6.45, 7) is 8.91. The maximum absolute atomic E-state index is 12.8. The zero-order chi connectivity index (χ0) is 25.5. The molecular formula is C27H36O7Si. The molecule has 0 saturated carbocycles. The Morgan fingerprint density at radius 3 is 2.14 bits per heavy atom. The highest BCUT2D eigenvalue weighted by Crippen LogP contribution is 2.37. The molecule has 190 valence electrons. The molecule has 7 nitrogen and oxygen atoms in total. The molecule has 0 amide bonds. The maximum atomic E-state index is 12.8. The van der Waals surface area contributed by atoms with Crippen LogP contribution < -0.4 is 0 Å². The summed E-state index contributed by atoms with van der Waals surface area (Å²) in [7, 11) is 0.650. The molecule has 1 saturated heterocycles. The molecule has 1 aliphatic rings. The molecule has 3 rings (SSSR count). The zero-order valence-corrected chi connectivity index (χ0v) is 22.6. The number of esters is 2. The standard InChI is InChI=1S/C27H36O7Si/c1-19(2)26(3,4)35-32-18-27(30-5)16-22(33-25(29)21-14-10-7-11-15-21)23(34-27)17-31-24(28)20-12-8-6-9-13-20/h6-15,19,22-23H,16-18,35H2,1-5H3/t22-,23+,27+/m0/s1. The monoisotopic (exact) mass is 500 g/mol. The number of hydrogen-bond donors (Lipinski definition) is 0. The van der Waals surface area contributed by atoms with Crippen LogP contribution in [0.1, 0.15) is 54.8 Å². The average Bonchev–Trinajstić information content (AvgIpc) is 3.20. The SMILES string of the molecule is CO[C@]1(CO[SiH2]C(C)(C)C(C)C)C[C@H](OC(=O)c2ccccc2)[C@@H](COC(=O)c2ccccc2)O1. The van der Waals surface area contributed by atoms with Crippen molar-refractivity contribution in [2.45, 2.75) is 57.1 Å². The van der Waals surface area contributed by atoms with Crippen LogP contribution in [0.4, 0.5) is 0 Å². The van der Waals surface area contributed by atoms with Gasteiger partial charge in [0.25, 0.3) is 0 Å². The molecule has 0 N–H and O–H groups in total. The van der Waals surface area contributed by atoms with Crippen molar-refractivity contribution in [1.29, 1.82) is 0 Å². The van der Waals surface area contributed by atoms with Crippen molar-refractivity contribution >= 4 is 21.7 Å². The first-order valence-electron chi connectivity index (χ1n) is 11.9. The smallest absolute Gasteiger partial charge is 0.338 e. The van der Waals surface area contributed by atoms with Gasteiger partial charge in [0.05, 0.1) is 17.7 Å². The Bertz CT molecular complexity index is 964. The van der Waals surface area contributed by atoms with Gasteiger partial charge in [0.1, 0.15) is 18.8 Å². The van der Waals surface area contributed by atoms with E-state index in [4.69, 9.17) is 23.4 Å². The Morgan fingerprint density at radius 1 is 1.03 bits per heavy atom. The van der Waals surface area contributed by atoms with Crippen molar-refractivity contribution in [1.82, 2.24) is 0 Å². The van der Waals surface area contributed by atoms with E-state index in [1.807, 2.05) is 12.1 Å². The molecule has 1 aliphatic heterocycles. The molecule has 1 fully saturated rings. The number of hydrogen-bond acceptors (Lipinski definition) is 7. The average molecular weight is 501 g/mol. The second kappa shape index (κ2) is 11.9. The summed E-state index contributed by atoms with van der Waals surface area (Å²) in [6.07, 6.45) is -1.10. The van der Waals surface area contributed by atoms with Gasteiger partial charge in [0, 0.05) is 13.5 Å². The lowest BCUT2D eigenvalue weighted by Crippen LogP contribution is -2.39. The predicted molar refractivity (Wildman–Crippen MR) is 135 cm³/mol. The van der Waals surface area contributed by atoms with Gasteiger partial charge in [-0.1, -0.05) is 64.1 Å². The van der Waals surface area contributed by atoms with Gasteiger partial charge in [0.15, 0.2) is 15.6 Å². The Morgan fingerprint density at radius 2 is 1.60 bits per heavy atom. The fraction of sp³-hybridized carbons (Fsp3) is 0.481. The van der Waals surface area contributed by atoms with Crippen molar-refractivity contribution in [3.05, 3.63) is 71.8 Å². The summed E-state index contributed by atoms with van der Waals surface area (Å²) in [6, 6.07) is 17.5. The van der Waals surface area contributed by atoms with Crippen LogP contribution in [-0.4, -0.2) is 60.0 Å². The molecule has 2 aromatic rings. The minimum atomic E-state index is -1.09. The third kappa shape index (κ3) is 7.24. The fourth-order valence-electron chi connectivity index (χ4n) is 3.61. The summed E-state index contributed by atoms with van der Waals surface area (Å²) in [5.41, 5.74) is 0.872. The minimum absolute atomic E-state index is 0.0828. The van der Waals surface area contributed by atoms with Gasteiger partial charge in [-0.2, -0.15) is 0 Å². The van der Waals surface area contributed by atoms with E-state index in [-0.39, 0.29) is 24.7 Å². The van der Waals surface area contributed by atoms with Gasteiger partial charge < -0.3 is 23.4 Å². The lowest BCUT2D eigenvalue weighted by Gasteiger charge is -2.32. The molecule has 8 heteroatoms. The number of benzene rings is 2. The van der Waals surface area contributed by atoms with Crippen LogP contribution in [0.2, 0.25) is 5.04 Å². The van der Waals surface area contributed by atoms with Gasteiger partial charge in [-0.3, -0.25) is 0 Å². The molecule has 0 spiro atoms. The molecule has 0 unspecified atom stereocenters. The maximum Gasteiger partial charge on any atom is 0.338 e. The molecule has 1 heterocycles. The molecule has 0 aliphatic carbocycles. The van der Waals surface area contributed by atoms with Crippen LogP contribution >= 0.6 is 0 Å². The molecule has 0 radical (unpaired) electrons. The van der Waals surface area contributed by atoms with Crippen LogP contribution in [0.3, 0.4) is 0 Å². The van der Waals surface area contributed by atoms with E-state index in [0.717, 1.165) is 0 Å². The number of ether oxygens (including phenoxy) is 4. The van der Waals surface area contributed by atoms with Crippen molar-refractivity contribution in [2.24, 2.45) is 5.92 Å². The Balaban J connectivity index is 1.71. The van der Waals surface area contributed by atoms with Crippen molar-refractivity contribution in [3.63, 3.8) is 0 Å². The summed E-state index contributed by atoms with van der Waals surface area (Å²) >= 11 is 0. The van der Waals surface area contributed by atoms with E-state index < -0.39 is 39.7 Å². The first-order chi connectivity index (χ1) is 16.7.